The number of hydrogen-bond donors (Lipinski definition) is 1. The third-order valence-corrected chi connectivity index (χ3v) is 6.95. The molecule has 0 saturated heterocycles. The van der Waals surface area contributed by atoms with E-state index in [1.807, 2.05) is 59.3 Å². The highest BCUT2D eigenvalue weighted by Gasteiger charge is 2.37. The Hall–Kier alpha value is -4.73. The number of rotatable bonds is 3. The van der Waals surface area contributed by atoms with Crippen molar-refractivity contribution in [2.24, 2.45) is 7.05 Å². The quantitative estimate of drug-likeness (QED) is 0.422. The second-order valence-corrected chi connectivity index (χ2v) is 9.19. The molecule has 7 heterocycles. The molecule has 0 spiro atoms. The minimum absolute atomic E-state index is 0.0944. The van der Waals surface area contributed by atoms with Gasteiger partial charge in [-0.3, -0.25) is 9.48 Å². The van der Waals surface area contributed by atoms with E-state index in [2.05, 4.69) is 39.2 Å². The SMILES string of the molecule is Cc1cccn2nc(C3c4nc[nH]c4CCN3C(=O)c3cnn4cc(-c5ccn(C)n5)ccc34)cc12. The lowest BCUT2D eigenvalue weighted by atomic mass is 9.98. The Labute approximate surface area is 205 Å². The van der Waals surface area contributed by atoms with Gasteiger partial charge in [-0.2, -0.15) is 15.3 Å². The number of aromatic amines is 1. The van der Waals surface area contributed by atoms with Crippen molar-refractivity contribution < 1.29 is 4.79 Å². The average molecular weight is 478 g/mol. The van der Waals surface area contributed by atoms with Crippen molar-refractivity contribution in [3.05, 3.63) is 95.7 Å². The van der Waals surface area contributed by atoms with E-state index in [0.717, 1.165) is 44.9 Å². The Morgan fingerprint density at radius 1 is 1.08 bits per heavy atom. The van der Waals surface area contributed by atoms with Crippen LogP contribution in [0, 0.1) is 6.92 Å². The number of carbonyl (C=O) groups excluding carboxylic acids is 1. The van der Waals surface area contributed by atoms with Crippen LogP contribution in [-0.2, 0) is 13.5 Å². The number of fused-ring (bicyclic) bond motifs is 3. The van der Waals surface area contributed by atoms with Crippen LogP contribution in [0.25, 0.3) is 22.3 Å². The van der Waals surface area contributed by atoms with Crippen molar-refractivity contribution in [1.29, 1.82) is 0 Å². The van der Waals surface area contributed by atoms with E-state index in [1.54, 1.807) is 21.7 Å². The molecule has 1 amide bonds. The van der Waals surface area contributed by atoms with Gasteiger partial charge < -0.3 is 9.88 Å². The Kier molecular flexibility index (Phi) is 4.38. The summed E-state index contributed by atoms with van der Waals surface area (Å²) >= 11 is 0. The first-order valence-electron chi connectivity index (χ1n) is 11.8. The maximum Gasteiger partial charge on any atom is 0.258 e. The zero-order valence-corrected chi connectivity index (χ0v) is 19.8. The van der Waals surface area contributed by atoms with E-state index >= 15 is 0 Å². The summed E-state index contributed by atoms with van der Waals surface area (Å²) in [5.41, 5.74) is 7.89. The summed E-state index contributed by atoms with van der Waals surface area (Å²) in [5.74, 6) is -0.0944. The molecule has 178 valence electrons. The van der Waals surface area contributed by atoms with Gasteiger partial charge >= 0.3 is 0 Å². The first-order valence-corrected chi connectivity index (χ1v) is 11.8. The highest BCUT2D eigenvalue weighted by molar-refractivity contribution is 6.01. The molecule has 1 aliphatic heterocycles. The van der Waals surface area contributed by atoms with Gasteiger partial charge in [-0.25, -0.2) is 14.0 Å². The number of nitrogens with zero attached hydrogens (tertiary/aromatic N) is 8. The minimum atomic E-state index is -0.394. The predicted octanol–water partition coefficient (Wildman–Crippen LogP) is 3.20. The zero-order chi connectivity index (χ0) is 24.4. The lowest BCUT2D eigenvalue weighted by molar-refractivity contribution is 0.0689. The Bertz CT molecular complexity index is 1770. The van der Waals surface area contributed by atoms with E-state index in [1.165, 1.54) is 0 Å². The van der Waals surface area contributed by atoms with Gasteiger partial charge in [-0.15, -0.1) is 0 Å². The molecule has 10 nitrogen and oxygen atoms in total. The van der Waals surface area contributed by atoms with Gasteiger partial charge in [-0.1, -0.05) is 6.07 Å². The average Bonchev–Trinajstić information content (AvgIpc) is 3.68. The summed E-state index contributed by atoms with van der Waals surface area (Å²) in [6, 6.07) is 11.5. The number of imidazole rings is 1. The molecule has 36 heavy (non-hydrogen) atoms. The first kappa shape index (κ1) is 20.6. The summed E-state index contributed by atoms with van der Waals surface area (Å²) in [7, 11) is 1.89. The van der Waals surface area contributed by atoms with Gasteiger partial charge in [0.05, 0.1) is 46.2 Å². The highest BCUT2D eigenvalue weighted by Crippen LogP contribution is 2.35. The number of aromatic nitrogens is 8. The molecule has 0 fully saturated rings. The monoisotopic (exact) mass is 477 g/mol. The lowest BCUT2D eigenvalue weighted by Gasteiger charge is -2.33. The largest absolute Gasteiger partial charge is 0.348 e. The fraction of sp³-hybridized carbons (Fsp3) is 0.192. The molecule has 10 heteroatoms. The van der Waals surface area contributed by atoms with Gasteiger partial charge in [0.2, 0.25) is 0 Å². The molecule has 0 radical (unpaired) electrons. The molecule has 6 aromatic heterocycles. The summed E-state index contributed by atoms with van der Waals surface area (Å²) < 4.78 is 5.37. The molecule has 1 atom stereocenters. The Morgan fingerprint density at radius 3 is 2.83 bits per heavy atom. The third kappa shape index (κ3) is 3.07. The molecule has 0 bridgehead atoms. The maximum absolute atomic E-state index is 14.0. The number of H-pyrrole nitrogens is 1. The number of hydrogen-bond acceptors (Lipinski definition) is 5. The molecule has 1 aliphatic rings. The number of pyridine rings is 2. The van der Waals surface area contributed by atoms with Crippen LogP contribution in [-0.4, -0.2) is 56.3 Å². The lowest BCUT2D eigenvalue weighted by Crippen LogP contribution is -2.41. The van der Waals surface area contributed by atoms with Crippen LogP contribution in [0.4, 0.5) is 0 Å². The fourth-order valence-electron chi connectivity index (χ4n) is 5.13. The number of nitrogens with one attached hydrogen (secondary N) is 1. The molecule has 0 aromatic carbocycles. The fourth-order valence-corrected chi connectivity index (χ4v) is 5.13. The summed E-state index contributed by atoms with van der Waals surface area (Å²) in [6.07, 6.45) is 9.77. The van der Waals surface area contributed by atoms with E-state index in [4.69, 9.17) is 5.10 Å². The third-order valence-electron chi connectivity index (χ3n) is 6.95. The van der Waals surface area contributed by atoms with Crippen molar-refractivity contribution in [3.63, 3.8) is 0 Å². The summed E-state index contributed by atoms with van der Waals surface area (Å²) in [4.78, 5) is 23.7. The second-order valence-electron chi connectivity index (χ2n) is 9.19. The number of amides is 1. The van der Waals surface area contributed by atoms with Crippen LogP contribution in [0.15, 0.2) is 67.5 Å². The van der Waals surface area contributed by atoms with Crippen LogP contribution in [0.5, 0.6) is 0 Å². The Morgan fingerprint density at radius 2 is 2.00 bits per heavy atom. The van der Waals surface area contributed by atoms with Crippen molar-refractivity contribution in [1.82, 2.24) is 43.9 Å². The number of aryl methyl sites for hydroxylation is 2. The van der Waals surface area contributed by atoms with Gasteiger partial charge in [0.15, 0.2) is 0 Å². The van der Waals surface area contributed by atoms with Crippen LogP contribution < -0.4 is 0 Å². The molecule has 1 N–H and O–H groups in total. The summed E-state index contributed by atoms with van der Waals surface area (Å²) in [6.45, 7) is 2.61. The van der Waals surface area contributed by atoms with Crippen LogP contribution >= 0.6 is 0 Å². The first-order chi connectivity index (χ1) is 17.6. The minimum Gasteiger partial charge on any atom is -0.348 e. The number of carbonyl (C=O) groups is 1. The van der Waals surface area contributed by atoms with Gasteiger partial charge in [0.1, 0.15) is 6.04 Å². The molecular formula is C26H23N9O. The maximum atomic E-state index is 14.0. The molecule has 1 unspecified atom stereocenters. The molecule has 7 rings (SSSR count). The zero-order valence-electron chi connectivity index (χ0n) is 19.8. The molecule has 6 aromatic rings. The van der Waals surface area contributed by atoms with E-state index < -0.39 is 6.04 Å². The second kappa shape index (κ2) is 7.64. The predicted molar refractivity (Wildman–Crippen MR) is 132 cm³/mol. The van der Waals surface area contributed by atoms with Crippen molar-refractivity contribution in [2.75, 3.05) is 6.54 Å². The van der Waals surface area contributed by atoms with Crippen LogP contribution in [0.2, 0.25) is 0 Å². The normalized spacial score (nSPS) is 15.6. The van der Waals surface area contributed by atoms with Gasteiger partial charge in [-0.05, 0) is 42.8 Å². The van der Waals surface area contributed by atoms with Crippen molar-refractivity contribution in [2.45, 2.75) is 19.4 Å². The topological polar surface area (TPSA) is 101 Å². The molecule has 0 saturated carbocycles. The molecular weight excluding hydrogens is 454 g/mol. The van der Waals surface area contributed by atoms with Crippen molar-refractivity contribution >= 4 is 16.9 Å². The molecule has 0 aliphatic carbocycles. The summed E-state index contributed by atoms with van der Waals surface area (Å²) in [5, 5.41) is 13.8. The Balaban J connectivity index is 1.31. The van der Waals surface area contributed by atoms with Gasteiger partial charge in [0.25, 0.3) is 5.91 Å². The van der Waals surface area contributed by atoms with E-state index in [9.17, 15) is 4.79 Å². The standard InChI is InChI=1S/C26H23N9O/c1-16-4-3-9-34-23(16)12-21(31-34)25-24-20(27-15-28-24)8-11-33(25)26(36)18-13-29-35-14-17(5-6-22(18)35)19-7-10-32(2)30-19/h3-7,9-10,12-15,25H,8,11H2,1-2H3,(H,27,28). The highest BCUT2D eigenvalue weighted by atomic mass is 16.2. The van der Waals surface area contributed by atoms with Gasteiger partial charge in [0, 0.05) is 49.9 Å². The van der Waals surface area contributed by atoms with Crippen LogP contribution in [0.1, 0.15) is 39.0 Å². The van der Waals surface area contributed by atoms with Crippen molar-refractivity contribution in [3.8, 4) is 11.3 Å². The smallest absolute Gasteiger partial charge is 0.258 e. The van der Waals surface area contributed by atoms with E-state index in [-0.39, 0.29) is 5.91 Å². The van der Waals surface area contributed by atoms with Crippen LogP contribution in [0.3, 0.4) is 0 Å². The van der Waals surface area contributed by atoms with E-state index in [0.29, 0.717) is 18.5 Å².